The van der Waals surface area contributed by atoms with Gasteiger partial charge in [0, 0.05) is 39.4 Å². The number of hydrogen-bond acceptors (Lipinski definition) is 4. The molecular formula is C23H34IN5O. The van der Waals surface area contributed by atoms with E-state index in [2.05, 4.69) is 56.7 Å². The normalized spacial score (nSPS) is 14.8. The number of hydrogen-bond donors (Lipinski definition) is 2. The third-order valence-corrected chi connectivity index (χ3v) is 5.47. The third kappa shape index (κ3) is 7.34. The lowest BCUT2D eigenvalue weighted by Crippen LogP contribution is -2.38. The van der Waals surface area contributed by atoms with Crippen molar-refractivity contribution in [2.45, 2.75) is 32.7 Å². The zero-order valence-electron chi connectivity index (χ0n) is 18.2. The van der Waals surface area contributed by atoms with Crippen molar-refractivity contribution < 1.29 is 4.74 Å². The number of anilines is 1. The molecule has 1 aromatic heterocycles. The van der Waals surface area contributed by atoms with Crippen LogP contribution in [0.1, 0.15) is 30.9 Å². The fourth-order valence-electron chi connectivity index (χ4n) is 3.47. The molecule has 0 unspecified atom stereocenters. The fourth-order valence-corrected chi connectivity index (χ4v) is 3.47. The minimum absolute atomic E-state index is 0. The van der Waals surface area contributed by atoms with Crippen molar-refractivity contribution in [1.29, 1.82) is 0 Å². The van der Waals surface area contributed by atoms with Crippen molar-refractivity contribution in [3.05, 3.63) is 53.7 Å². The molecule has 1 fully saturated rings. The van der Waals surface area contributed by atoms with Gasteiger partial charge in [0.05, 0.1) is 7.11 Å². The van der Waals surface area contributed by atoms with E-state index >= 15 is 0 Å². The summed E-state index contributed by atoms with van der Waals surface area (Å²) in [6.45, 7) is 6.06. The molecule has 1 aliphatic heterocycles. The molecule has 6 nitrogen and oxygen atoms in total. The summed E-state index contributed by atoms with van der Waals surface area (Å²) in [4.78, 5) is 11.4. The second-order valence-corrected chi connectivity index (χ2v) is 7.64. The number of halogens is 1. The lowest BCUT2D eigenvalue weighted by molar-refractivity contribution is 0.414. The average molecular weight is 523 g/mol. The quantitative estimate of drug-likeness (QED) is 0.328. The van der Waals surface area contributed by atoms with Gasteiger partial charge < -0.3 is 20.3 Å². The smallest absolute Gasteiger partial charge is 0.191 e. The summed E-state index contributed by atoms with van der Waals surface area (Å²) in [6.07, 6.45) is 5.40. The molecule has 7 heteroatoms. The Morgan fingerprint density at radius 1 is 1.10 bits per heavy atom. The van der Waals surface area contributed by atoms with E-state index in [1.807, 2.05) is 18.3 Å². The molecule has 0 bridgehead atoms. The van der Waals surface area contributed by atoms with Crippen LogP contribution in [-0.2, 0) is 13.0 Å². The molecule has 1 aliphatic rings. The van der Waals surface area contributed by atoms with E-state index in [1.165, 1.54) is 18.4 Å². The molecule has 0 atom stereocenters. The molecule has 30 heavy (non-hydrogen) atoms. The number of piperidine rings is 1. The first-order chi connectivity index (χ1) is 14.2. The number of ether oxygens (including phenoxy) is 1. The van der Waals surface area contributed by atoms with Crippen molar-refractivity contribution >= 4 is 35.8 Å². The molecule has 2 aromatic rings. The first kappa shape index (κ1) is 24.2. The maximum atomic E-state index is 5.20. The summed E-state index contributed by atoms with van der Waals surface area (Å²) in [5.41, 5.74) is 2.41. The van der Waals surface area contributed by atoms with Gasteiger partial charge in [0.15, 0.2) is 5.96 Å². The Kier molecular flexibility index (Phi) is 10.2. The van der Waals surface area contributed by atoms with E-state index in [4.69, 9.17) is 4.74 Å². The van der Waals surface area contributed by atoms with Crippen molar-refractivity contribution in [2.75, 3.05) is 38.7 Å². The molecule has 0 aliphatic carbocycles. The monoisotopic (exact) mass is 523 g/mol. The predicted octanol–water partition coefficient (Wildman–Crippen LogP) is 3.85. The van der Waals surface area contributed by atoms with Crippen molar-refractivity contribution in [2.24, 2.45) is 10.9 Å². The van der Waals surface area contributed by atoms with E-state index in [1.54, 1.807) is 14.2 Å². The van der Waals surface area contributed by atoms with Gasteiger partial charge in [0.2, 0.25) is 0 Å². The number of benzene rings is 1. The first-order valence-corrected chi connectivity index (χ1v) is 10.4. The van der Waals surface area contributed by atoms with Crippen LogP contribution in [-0.4, -0.2) is 44.7 Å². The van der Waals surface area contributed by atoms with Crippen LogP contribution in [0.4, 0.5) is 5.82 Å². The predicted molar refractivity (Wildman–Crippen MR) is 135 cm³/mol. The molecule has 2 heterocycles. The average Bonchev–Trinajstić information content (AvgIpc) is 2.77. The third-order valence-electron chi connectivity index (χ3n) is 5.47. The summed E-state index contributed by atoms with van der Waals surface area (Å²) >= 11 is 0. The van der Waals surface area contributed by atoms with E-state index in [0.717, 1.165) is 55.1 Å². The molecule has 1 aromatic carbocycles. The van der Waals surface area contributed by atoms with E-state index in [0.29, 0.717) is 6.54 Å². The van der Waals surface area contributed by atoms with Gasteiger partial charge in [-0.15, -0.1) is 24.0 Å². The molecule has 0 amide bonds. The van der Waals surface area contributed by atoms with Crippen molar-refractivity contribution in [1.82, 2.24) is 15.6 Å². The highest BCUT2D eigenvalue weighted by atomic mass is 127. The van der Waals surface area contributed by atoms with Gasteiger partial charge in [-0.3, -0.25) is 4.99 Å². The van der Waals surface area contributed by atoms with Gasteiger partial charge in [0.25, 0.3) is 0 Å². The van der Waals surface area contributed by atoms with Crippen molar-refractivity contribution in [3.63, 3.8) is 0 Å². The number of guanidine groups is 1. The lowest BCUT2D eigenvalue weighted by atomic mass is 9.99. The minimum atomic E-state index is 0. The molecule has 3 rings (SSSR count). The van der Waals surface area contributed by atoms with Gasteiger partial charge in [0.1, 0.15) is 11.6 Å². The van der Waals surface area contributed by atoms with Crippen LogP contribution in [0.3, 0.4) is 0 Å². The lowest BCUT2D eigenvalue weighted by Gasteiger charge is -2.31. The molecule has 1 saturated heterocycles. The summed E-state index contributed by atoms with van der Waals surface area (Å²) in [5.74, 6) is 3.60. The maximum Gasteiger partial charge on any atom is 0.191 e. The molecular weight excluding hydrogens is 489 g/mol. The summed E-state index contributed by atoms with van der Waals surface area (Å²) in [7, 11) is 3.48. The topological polar surface area (TPSA) is 61.8 Å². The zero-order chi connectivity index (χ0) is 20.5. The van der Waals surface area contributed by atoms with E-state index in [-0.39, 0.29) is 24.0 Å². The van der Waals surface area contributed by atoms with Crippen molar-refractivity contribution in [3.8, 4) is 5.75 Å². The van der Waals surface area contributed by atoms with Gasteiger partial charge >= 0.3 is 0 Å². The van der Waals surface area contributed by atoms with Gasteiger partial charge in [-0.2, -0.15) is 0 Å². The standard InChI is InChI=1S/C23H33N5O.HI/c1-18-11-14-28(15-12-18)22-9-6-20(16-26-22)17-27-23(24-2)25-13-10-19-4-7-21(29-3)8-5-19;/h4-9,16,18H,10-15,17H2,1-3H3,(H2,24,25,27);1H. The molecule has 0 saturated carbocycles. The van der Waals surface area contributed by atoms with Gasteiger partial charge in [-0.1, -0.05) is 25.1 Å². The van der Waals surface area contributed by atoms with Crippen LogP contribution in [0.2, 0.25) is 0 Å². The Morgan fingerprint density at radius 3 is 2.40 bits per heavy atom. The van der Waals surface area contributed by atoms with Crippen LogP contribution < -0.4 is 20.3 Å². The Labute approximate surface area is 197 Å². The van der Waals surface area contributed by atoms with Crippen LogP contribution in [0.15, 0.2) is 47.6 Å². The highest BCUT2D eigenvalue weighted by Gasteiger charge is 2.16. The number of aromatic nitrogens is 1. The zero-order valence-corrected chi connectivity index (χ0v) is 20.6. The van der Waals surface area contributed by atoms with E-state index in [9.17, 15) is 0 Å². The highest BCUT2D eigenvalue weighted by Crippen LogP contribution is 2.21. The first-order valence-electron chi connectivity index (χ1n) is 10.4. The highest BCUT2D eigenvalue weighted by molar-refractivity contribution is 14.0. The number of aliphatic imine (C=N–C) groups is 1. The van der Waals surface area contributed by atoms with Crippen LogP contribution in [0.25, 0.3) is 0 Å². The molecule has 2 N–H and O–H groups in total. The van der Waals surface area contributed by atoms with Crippen LogP contribution >= 0.6 is 24.0 Å². The summed E-state index contributed by atoms with van der Waals surface area (Å²) < 4.78 is 5.20. The van der Waals surface area contributed by atoms with Gasteiger partial charge in [-0.25, -0.2) is 4.98 Å². The van der Waals surface area contributed by atoms with Crippen LogP contribution in [0, 0.1) is 5.92 Å². The summed E-state index contributed by atoms with van der Waals surface area (Å²) in [5, 5.41) is 6.72. The SMILES string of the molecule is CN=C(NCCc1ccc(OC)cc1)NCc1ccc(N2CCC(C)CC2)nc1.I. The Hall–Kier alpha value is -2.03. The number of nitrogens with zero attached hydrogens (tertiary/aromatic N) is 3. The van der Waals surface area contributed by atoms with Crippen LogP contribution in [0.5, 0.6) is 5.75 Å². The summed E-state index contributed by atoms with van der Waals surface area (Å²) in [6, 6.07) is 12.4. The number of pyridine rings is 1. The Balaban J connectivity index is 0.00000320. The largest absolute Gasteiger partial charge is 0.497 e. The fraction of sp³-hybridized carbons (Fsp3) is 0.478. The van der Waals surface area contributed by atoms with E-state index < -0.39 is 0 Å². The Bertz CT molecular complexity index is 771. The number of rotatable bonds is 7. The maximum absolute atomic E-state index is 5.20. The minimum Gasteiger partial charge on any atom is -0.497 e. The molecule has 164 valence electrons. The van der Waals surface area contributed by atoms with Gasteiger partial charge in [-0.05, 0) is 54.5 Å². The number of nitrogens with one attached hydrogen (secondary N) is 2. The number of methoxy groups -OCH3 is 1. The Morgan fingerprint density at radius 2 is 1.80 bits per heavy atom. The molecule has 0 spiro atoms. The second kappa shape index (κ2) is 12.6. The molecule has 0 radical (unpaired) electrons. The second-order valence-electron chi connectivity index (χ2n) is 7.64.